The fraction of sp³-hybridized carbons (Fsp3) is 0.500. The zero-order chi connectivity index (χ0) is 12.5. The van der Waals surface area contributed by atoms with Gasteiger partial charge in [-0.2, -0.15) is 0 Å². The van der Waals surface area contributed by atoms with Crippen molar-refractivity contribution in [2.75, 3.05) is 6.54 Å². The third kappa shape index (κ3) is 2.86. The van der Waals surface area contributed by atoms with Crippen LogP contribution in [0.1, 0.15) is 42.3 Å². The van der Waals surface area contributed by atoms with Crippen LogP contribution < -0.4 is 5.32 Å². The quantitative estimate of drug-likeness (QED) is 0.756. The molecule has 2 rings (SSSR count). The van der Waals surface area contributed by atoms with Crippen molar-refractivity contribution in [1.82, 2.24) is 5.32 Å². The van der Waals surface area contributed by atoms with Gasteiger partial charge in [0.25, 0.3) is 0 Å². The van der Waals surface area contributed by atoms with Gasteiger partial charge in [-0.1, -0.05) is 12.1 Å². The average Bonchev–Trinajstić information content (AvgIpc) is 2.26. The predicted octanol–water partition coefficient (Wildman–Crippen LogP) is 2.29. The van der Waals surface area contributed by atoms with E-state index in [1.54, 1.807) is 0 Å². The first-order valence-corrected chi connectivity index (χ1v) is 6.02. The van der Waals surface area contributed by atoms with Gasteiger partial charge in [0, 0.05) is 6.54 Å². The third-order valence-corrected chi connectivity index (χ3v) is 2.76. The number of fused-ring (bicyclic) bond motifs is 1. The molecular weight excluding hydrogens is 214 g/mol. The van der Waals surface area contributed by atoms with Gasteiger partial charge in [0.05, 0.1) is 5.56 Å². The Hall–Kier alpha value is -1.35. The summed E-state index contributed by atoms with van der Waals surface area (Å²) in [6, 6.07) is 5.85. The van der Waals surface area contributed by atoms with Crippen LogP contribution in [0.3, 0.4) is 0 Å². The maximum absolute atomic E-state index is 12.1. The summed E-state index contributed by atoms with van der Waals surface area (Å²) in [7, 11) is 0. The second-order valence-electron chi connectivity index (χ2n) is 5.37. The van der Waals surface area contributed by atoms with E-state index in [1.165, 1.54) is 5.56 Å². The highest BCUT2D eigenvalue weighted by molar-refractivity contribution is 5.91. The topological polar surface area (TPSA) is 38.3 Å². The minimum Gasteiger partial charge on any atom is -0.456 e. The summed E-state index contributed by atoms with van der Waals surface area (Å²) in [5.41, 5.74) is 2.63. The second kappa shape index (κ2) is 4.49. The van der Waals surface area contributed by atoms with Crippen LogP contribution in [0, 0.1) is 0 Å². The highest BCUT2D eigenvalue weighted by Gasteiger charge is 2.22. The Morgan fingerprint density at radius 1 is 1.35 bits per heavy atom. The standard InChI is InChI=1S/C14H19NO2/c1-14(2,3)17-13(16)12-6-4-5-10-9-15-8-7-11(10)12/h4-6,15H,7-9H2,1-3H3. The lowest BCUT2D eigenvalue weighted by atomic mass is 9.95. The summed E-state index contributed by atoms with van der Waals surface area (Å²) in [5.74, 6) is -0.212. The van der Waals surface area contributed by atoms with Crippen LogP contribution >= 0.6 is 0 Å². The fourth-order valence-electron chi connectivity index (χ4n) is 2.06. The summed E-state index contributed by atoms with van der Waals surface area (Å²) >= 11 is 0. The highest BCUT2D eigenvalue weighted by Crippen LogP contribution is 2.21. The molecule has 3 heteroatoms. The van der Waals surface area contributed by atoms with Crippen LogP contribution in [0.2, 0.25) is 0 Å². The molecule has 1 aliphatic heterocycles. The molecule has 0 saturated carbocycles. The molecule has 1 aromatic rings. The van der Waals surface area contributed by atoms with E-state index in [2.05, 4.69) is 11.4 Å². The Bertz CT molecular complexity index is 432. The van der Waals surface area contributed by atoms with Crippen LogP contribution in [-0.4, -0.2) is 18.1 Å². The van der Waals surface area contributed by atoms with Crippen molar-refractivity contribution < 1.29 is 9.53 Å². The molecule has 0 spiro atoms. The van der Waals surface area contributed by atoms with Gasteiger partial charge in [-0.25, -0.2) is 4.79 Å². The second-order valence-corrected chi connectivity index (χ2v) is 5.37. The van der Waals surface area contributed by atoms with Crippen molar-refractivity contribution in [1.29, 1.82) is 0 Å². The molecule has 1 aromatic carbocycles. The molecule has 17 heavy (non-hydrogen) atoms. The SMILES string of the molecule is CC(C)(C)OC(=O)c1cccc2c1CCNC2. The van der Waals surface area contributed by atoms with Crippen molar-refractivity contribution in [2.45, 2.75) is 39.3 Å². The fourth-order valence-corrected chi connectivity index (χ4v) is 2.06. The average molecular weight is 233 g/mol. The zero-order valence-electron chi connectivity index (χ0n) is 10.7. The number of carbonyl (C=O) groups excluding carboxylic acids is 1. The van der Waals surface area contributed by atoms with E-state index in [0.717, 1.165) is 30.6 Å². The number of hydrogen-bond acceptors (Lipinski definition) is 3. The molecule has 3 nitrogen and oxygen atoms in total. The van der Waals surface area contributed by atoms with Crippen LogP contribution in [0.25, 0.3) is 0 Å². The smallest absolute Gasteiger partial charge is 0.338 e. The Morgan fingerprint density at radius 3 is 2.82 bits per heavy atom. The molecule has 1 aliphatic rings. The first-order valence-electron chi connectivity index (χ1n) is 6.02. The number of rotatable bonds is 1. The highest BCUT2D eigenvalue weighted by atomic mass is 16.6. The summed E-state index contributed by atoms with van der Waals surface area (Å²) < 4.78 is 5.43. The van der Waals surface area contributed by atoms with Crippen LogP contribution in [0.4, 0.5) is 0 Å². The number of esters is 1. The number of hydrogen-bond donors (Lipinski definition) is 1. The van der Waals surface area contributed by atoms with E-state index >= 15 is 0 Å². The molecule has 0 atom stereocenters. The Labute approximate surface area is 102 Å². The molecule has 92 valence electrons. The lowest BCUT2D eigenvalue weighted by Gasteiger charge is -2.23. The summed E-state index contributed by atoms with van der Waals surface area (Å²) in [4.78, 5) is 12.1. The van der Waals surface area contributed by atoms with Gasteiger partial charge in [-0.05, 0) is 50.9 Å². The Morgan fingerprint density at radius 2 is 2.12 bits per heavy atom. The number of benzene rings is 1. The molecule has 0 unspecified atom stereocenters. The van der Waals surface area contributed by atoms with Crippen molar-refractivity contribution in [2.24, 2.45) is 0 Å². The van der Waals surface area contributed by atoms with Gasteiger partial charge in [-0.3, -0.25) is 0 Å². The first kappa shape index (κ1) is 12.1. The minimum atomic E-state index is -0.438. The van der Waals surface area contributed by atoms with E-state index in [0.29, 0.717) is 0 Å². The summed E-state index contributed by atoms with van der Waals surface area (Å²) in [6.45, 7) is 7.43. The van der Waals surface area contributed by atoms with Gasteiger partial charge in [0.2, 0.25) is 0 Å². The third-order valence-electron chi connectivity index (χ3n) is 2.76. The van der Waals surface area contributed by atoms with Crippen molar-refractivity contribution in [3.8, 4) is 0 Å². The summed E-state index contributed by atoms with van der Waals surface area (Å²) in [6.07, 6.45) is 0.894. The van der Waals surface area contributed by atoms with E-state index in [9.17, 15) is 4.79 Å². The van der Waals surface area contributed by atoms with Crippen LogP contribution in [-0.2, 0) is 17.7 Å². The minimum absolute atomic E-state index is 0.212. The van der Waals surface area contributed by atoms with Crippen LogP contribution in [0.15, 0.2) is 18.2 Å². The van der Waals surface area contributed by atoms with Gasteiger partial charge in [0.15, 0.2) is 0 Å². The largest absolute Gasteiger partial charge is 0.456 e. The molecule has 0 aromatic heterocycles. The maximum Gasteiger partial charge on any atom is 0.338 e. The van der Waals surface area contributed by atoms with E-state index < -0.39 is 5.60 Å². The van der Waals surface area contributed by atoms with Gasteiger partial charge >= 0.3 is 5.97 Å². The molecular formula is C14H19NO2. The molecule has 0 bridgehead atoms. The molecule has 0 fully saturated rings. The van der Waals surface area contributed by atoms with Gasteiger partial charge < -0.3 is 10.1 Å². The van der Waals surface area contributed by atoms with E-state index in [4.69, 9.17) is 4.74 Å². The van der Waals surface area contributed by atoms with Gasteiger partial charge in [-0.15, -0.1) is 0 Å². The zero-order valence-corrected chi connectivity index (χ0v) is 10.7. The van der Waals surface area contributed by atoms with Crippen molar-refractivity contribution in [3.63, 3.8) is 0 Å². The number of carbonyl (C=O) groups is 1. The number of ether oxygens (including phenoxy) is 1. The number of nitrogens with one attached hydrogen (secondary N) is 1. The maximum atomic E-state index is 12.1. The molecule has 0 saturated heterocycles. The van der Waals surface area contributed by atoms with Crippen molar-refractivity contribution in [3.05, 3.63) is 34.9 Å². The molecule has 1 heterocycles. The lowest BCUT2D eigenvalue weighted by Crippen LogP contribution is -2.28. The molecule has 0 aliphatic carbocycles. The van der Waals surface area contributed by atoms with Gasteiger partial charge in [0.1, 0.15) is 5.60 Å². The van der Waals surface area contributed by atoms with Crippen molar-refractivity contribution >= 4 is 5.97 Å². The van der Waals surface area contributed by atoms with E-state index in [-0.39, 0.29) is 5.97 Å². The summed E-state index contributed by atoms with van der Waals surface area (Å²) in [5, 5.41) is 3.30. The van der Waals surface area contributed by atoms with E-state index in [1.807, 2.05) is 32.9 Å². The normalized spacial score (nSPS) is 15.2. The molecule has 1 N–H and O–H groups in total. The monoisotopic (exact) mass is 233 g/mol. The lowest BCUT2D eigenvalue weighted by molar-refractivity contribution is 0.00681. The first-order chi connectivity index (χ1) is 7.97. The molecule has 0 amide bonds. The Kier molecular flexibility index (Phi) is 3.20. The van der Waals surface area contributed by atoms with Crippen LogP contribution in [0.5, 0.6) is 0 Å². The Balaban J connectivity index is 2.29. The predicted molar refractivity (Wildman–Crippen MR) is 67.0 cm³/mol. The molecule has 0 radical (unpaired) electrons.